The molecular formula is C10H6BrClO4S. The van der Waals surface area contributed by atoms with Crippen molar-refractivity contribution in [3.8, 4) is 0 Å². The van der Waals surface area contributed by atoms with Gasteiger partial charge in [-0.2, -0.15) is 0 Å². The first kappa shape index (κ1) is 12.8. The largest absolute Gasteiger partial charge is 0.426 e. The third kappa shape index (κ3) is 2.44. The van der Waals surface area contributed by atoms with Gasteiger partial charge < -0.3 is 9.84 Å². The number of aliphatic hydroxyl groups is 1. The van der Waals surface area contributed by atoms with Crippen molar-refractivity contribution >= 4 is 44.3 Å². The molecule has 1 N–H and O–H groups in total. The summed E-state index contributed by atoms with van der Waals surface area (Å²) in [6, 6.07) is 6.61. The average Bonchev–Trinajstić information content (AvgIpc) is 2.53. The van der Waals surface area contributed by atoms with Crippen molar-refractivity contribution < 1.29 is 18.8 Å². The fourth-order valence-corrected chi connectivity index (χ4v) is 3.00. The van der Waals surface area contributed by atoms with Crippen LogP contribution in [0.1, 0.15) is 0 Å². The molecule has 2 unspecified atom stereocenters. The SMILES string of the molecule is O=C1OC(O)C(S(=O)c2ccc(Br)cc2)=C1Cl. The Bertz CT molecular complexity index is 526. The Balaban J connectivity index is 2.38. The summed E-state index contributed by atoms with van der Waals surface area (Å²) in [6.45, 7) is 0. The summed E-state index contributed by atoms with van der Waals surface area (Å²) >= 11 is 8.89. The number of hydrogen-bond acceptors (Lipinski definition) is 4. The van der Waals surface area contributed by atoms with Crippen LogP contribution in [0.25, 0.3) is 0 Å². The summed E-state index contributed by atoms with van der Waals surface area (Å²) in [7, 11) is -1.72. The van der Waals surface area contributed by atoms with Crippen LogP contribution in [0.3, 0.4) is 0 Å². The van der Waals surface area contributed by atoms with E-state index >= 15 is 0 Å². The first-order valence-electron chi connectivity index (χ1n) is 4.47. The lowest BCUT2D eigenvalue weighted by Gasteiger charge is -2.07. The molecule has 4 nitrogen and oxygen atoms in total. The van der Waals surface area contributed by atoms with Crippen LogP contribution in [-0.2, 0) is 20.3 Å². The monoisotopic (exact) mass is 336 g/mol. The number of carbonyl (C=O) groups excluding carboxylic acids is 1. The van der Waals surface area contributed by atoms with Crippen LogP contribution in [0.4, 0.5) is 0 Å². The minimum absolute atomic E-state index is 0.112. The van der Waals surface area contributed by atoms with Crippen LogP contribution in [-0.4, -0.2) is 21.6 Å². The van der Waals surface area contributed by atoms with Gasteiger partial charge in [-0.15, -0.1) is 0 Å². The quantitative estimate of drug-likeness (QED) is 0.837. The minimum Gasteiger partial charge on any atom is -0.426 e. The smallest absolute Gasteiger partial charge is 0.353 e. The van der Waals surface area contributed by atoms with Crippen LogP contribution < -0.4 is 0 Å². The predicted molar refractivity (Wildman–Crippen MR) is 65.5 cm³/mol. The Morgan fingerprint density at radius 1 is 1.35 bits per heavy atom. The molecule has 1 aromatic rings. The molecule has 0 bridgehead atoms. The summed E-state index contributed by atoms with van der Waals surface area (Å²) in [5.41, 5.74) is 0. The molecule has 0 aromatic heterocycles. The Hall–Kier alpha value is -0.690. The maximum atomic E-state index is 12.1. The lowest BCUT2D eigenvalue weighted by atomic mass is 10.4. The molecule has 0 amide bonds. The Kier molecular flexibility index (Phi) is 3.67. The third-order valence-corrected chi connectivity index (χ3v) is 4.57. The highest BCUT2D eigenvalue weighted by molar-refractivity contribution is 9.10. The number of halogens is 2. The summed E-state index contributed by atoms with van der Waals surface area (Å²) < 4.78 is 17.4. The van der Waals surface area contributed by atoms with Gasteiger partial charge >= 0.3 is 5.97 Å². The summed E-state index contributed by atoms with van der Waals surface area (Å²) in [5, 5.41) is 9.11. The van der Waals surface area contributed by atoms with Crippen LogP contribution in [0.15, 0.2) is 43.6 Å². The van der Waals surface area contributed by atoms with Crippen molar-refractivity contribution in [2.75, 3.05) is 0 Å². The van der Waals surface area contributed by atoms with Crippen molar-refractivity contribution in [3.63, 3.8) is 0 Å². The molecular weight excluding hydrogens is 332 g/mol. The van der Waals surface area contributed by atoms with Gasteiger partial charge in [-0.05, 0) is 24.3 Å². The number of benzene rings is 1. The van der Waals surface area contributed by atoms with Gasteiger partial charge in [0.05, 0.1) is 10.8 Å². The molecule has 7 heteroatoms. The second-order valence-electron chi connectivity index (χ2n) is 3.16. The van der Waals surface area contributed by atoms with E-state index in [2.05, 4.69) is 20.7 Å². The Morgan fingerprint density at radius 3 is 2.41 bits per heavy atom. The zero-order valence-electron chi connectivity index (χ0n) is 8.22. The first-order valence-corrected chi connectivity index (χ1v) is 6.79. The minimum atomic E-state index is -1.72. The molecule has 0 saturated carbocycles. The Labute approximate surface area is 113 Å². The van der Waals surface area contributed by atoms with Gasteiger partial charge in [0.15, 0.2) is 0 Å². The molecule has 17 heavy (non-hydrogen) atoms. The van der Waals surface area contributed by atoms with Crippen molar-refractivity contribution in [1.29, 1.82) is 0 Å². The van der Waals surface area contributed by atoms with E-state index in [-0.39, 0.29) is 9.94 Å². The number of ether oxygens (including phenoxy) is 1. The van der Waals surface area contributed by atoms with E-state index in [0.29, 0.717) is 4.90 Å². The van der Waals surface area contributed by atoms with Gasteiger partial charge in [0, 0.05) is 9.37 Å². The Morgan fingerprint density at radius 2 is 1.94 bits per heavy atom. The second-order valence-corrected chi connectivity index (χ2v) is 5.90. The highest BCUT2D eigenvalue weighted by Crippen LogP contribution is 2.30. The molecule has 1 aliphatic rings. The zero-order chi connectivity index (χ0) is 12.6. The first-order chi connectivity index (χ1) is 8.00. The normalized spacial score (nSPS) is 21.6. The maximum Gasteiger partial charge on any atom is 0.353 e. The van der Waals surface area contributed by atoms with Crippen molar-refractivity contribution in [3.05, 3.63) is 38.7 Å². The molecule has 2 rings (SSSR count). The highest BCUT2D eigenvalue weighted by atomic mass is 79.9. The molecule has 1 aromatic carbocycles. The molecule has 0 saturated heterocycles. The topological polar surface area (TPSA) is 63.6 Å². The molecule has 90 valence electrons. The van der Waals surface area contributed by atoms with Gasteiger partial charge in [-0.1, -0.05) is 27.5 Å². The average molecular weight is 338 g/mol. The number of hydrogen-bond donors (Lipinski definition) is 1. The predicted octanol–water partition coefficient (Wildman–Crippen LogP) is 1.88. The lowest BCUT2D eigenvalue weighted by Crippen LogP contribution is -2.13. The van der Waals surface area contributed by atoms with E-state index in [9.17, 15) is 14.1 Å². The molecule has 0 fully saturated rings. The number of cyclic esters (lactones) is 1. The van der Waals surface area contributed by atoms with E-state index < -0.39 is 23.1 Å². The lowest BCUT2D eigenvalue weighted by molar-refractivity contribution is -0.150. The molecule has 0 aliphatic carbocycles. The van der Waals surface area contributed by atoms with E-state index in [0.717, 1.165) is 4.47 Å². The molecule has 2 atom stereocenters. The zero-order valence-corrected chi connectivity index (χ0v) is 11.4. The second kappa shape index (κ2) is 4.89. The van der Waals surface area contributed by atoms with Crippen LogP contribution >= 0.6 is 27.5 Å². The standard InChI is InChI=1S/C10H6BrClO4S/c11-5-1-3-6(4-2-5)17(15)8-7(12)9(13)16-10(8)14/h1-4,10,14H. The molecule has 0 spiro atoms. The summed E-state index contributed by atoms with van der Waals surface area (Å²) in [4.78, 5) is 11.4. The van der Waals surface area contributed by atoms with Gasteiger partial charge in [0.2, 0.25) is 6.29 Å². The number of esters is 1. The maximum absolute atomic E-state index is 12.1. The van der Waals surface area contributed by atoms with Gasteiger partial charge in [-0.3, -0.25) is 0 Å². The van der Waals surface area contributed by atoms with Crippen LogP contribution in [0.2, 0.25) is 0 Å². The van der Waals surface area contributed by atoms with Gasteiger partial charge in [-0.25, -0.2) is 9.00 Å². The number of aliphatic hydroxyl groups excluding tert-OH is 1. The summed E-state index contributed by atoms with van der Waals surface area (Å²) in [5.74, 6) is -0.861. The number of carbonyl (C=O) groups is 1. The molecule has 1 aliphatic heterocycles. The van der Waals surface area contributed by atoms with Crippen molar-refractivity contribution in [1.82, 2.24) is 0 Å². The van der Waals surface area contributed by atoms with Crippen molar-refractivity contribution in [2.45, 2.75) is 11.2 Å². The van der Waals surface area contributed by atoms with Gasteiger partial charge in [0.1, 0.15) is 9.94 Å². The van der Waals surface area contributed by atoms with Crippen molar-refractivity contribution in [2.24, 2.45) is 0 Å². The fourth-order valence-electron chi connectivity index (χ4n) is 1.27. The van der Waals surface area contributed by atoms with E-state index in [1.54, 1.807) is 24.3 Å². The van der Waals surface area contributed by atoms with E-state index in [1.165, 1.54) is 0 Å². The molecule has 0 radical (unpaired) electrons. The number of rotatable bonds is 2. The van der Waals surface area contributed by atoms with Crippen LogP contribution in [0, 0.1) is 0 Å². The van der Waals surface area contributed by atoms with E-state index in [4.69, 9.17) is 11.6 Å². The third-order valence-electron chi connectivity index (χ3n) is 2.07. The molecule has 1 heterocycles. The summed E-state index contributed by atoms with van der Waals surface area (Å²) in [6.07, 6.45) is -1.54. The van der Waals surface area contributed by atoms with Gasteiger partial charge in [0.25, 0.3) is 0 Å². The van der Waals surface area contributed by atoms with E-state index in [1.807, 2.05) is 0 Å². The highest BCUT2D eigenvalue weighted by Gasteiger charge is 2.36. The fraction of sp³-hybridized carbons (Fsp3) is 0.100. The van der Waals surface area contributed by atoms with Crippen LogP contribution in [0.5, 0.6) is 0 Å².